The van der Waals surface area contributed by atoms with Crippen LogP contribution in [0.1, 0.15) is 53.8 Å². The average molecular weight is 422 g/mol. The maximum absolute atomic E-state index is 12.4. The molecular weight excluding hydrogens is 398 g/mol. The second-order valence-corrected chi connectivity index (χ2v) is 8.40. The third-order valence-corrected chi connectivity index (χ3v) is 6.11. The van der Waals surface area contributed by atoms with Gasteiger partial charge in [-0.2, -0.15) is 0 Å². The van der Waals surface area contributed by atoms with Crippen molar-refractivity contribution in [2.24, 2.45) is 0 Å². The van der Waals surface area contributed by atoms with E-state index in [1.54, 1.807) is 24.3 Å². The maximum Gasteiger partial charge on any atom is 0.317 e. The summed E-state index contributed by atoms with van der Waals surface area (Å²) >= 11 is 7.14. The van der Waals surface area contributed by atoms with Crippen LogP contribution in [0.3, 0.4) is 0 Å². The molecule has 1 aromatic heterocycles. The van der Waals surface area contributed by atoms with Crippen molar-refractivity contribution >= 4 is 40.6 Å². The fourth-order valence-electron chi connectivity index (χ4n) is 2.98. The second-order valence-electron chi connectivity index (χ2n) is 6.95. The van der Waals surface area contributed by atoms with Crippen LogP contribution in [-0.4, -0.2) is 46.2 Å². The average Bonchev–Trinajstić information content (AvgIpc) is 3.20. The Balaban J connectivity index is 1.61. The predicted octanol–water partition coefficient (Wildman–Crippen LogP) is 4.13. The molecule has 0 saturated carbocycles. The van der Waals surface area contributed by atoms with E-state index < -0.39 is 0 Å². The minimum absolute atomic E-state index is 0.0377. The quantitative estimate of drug-likeness (QED) is 0.759. The maximum atomic E-state index is 12.4. The van der Waals surface area contributed by atoms with E-state index in [2.05, 4.69) is 20.8 Å². The molecule has 3 rings (SSSR count). The highest BCUT2D eigenvalue weighted by Gasteiger charge is 2.28. The van der Waals surface area contributed by atoms with E-state index in [4.69, 9.17) is 11.6 Å². The van der Waals surface area contributed by atoms with Crippen molar-refractivity contribution in [3.63, 3.8) is 0 Å². The Kier molecular flexibility index (Phi) is 6.85. The zero-order chi connectivity index (χ0) is 20.1. The van der Waals surface area contributed by atoms with E-state index >= 15 is 0 Å². The van der Waals surface area contributed by atoms with Crippen LogP contribution >= 0.6 is 22.9 Å². The van der Waals surface area contributed by atoms with Gasteiger partial charge in [0.2, 0.25) is 5.01 Å². The van der Waals surface area contributed by atoms with Crippen LogP contribution in [0.25, 0.3) is 0 Å². The molecule has 3 amide bonds. The van der Waals surface area contributed by atoms with Crippen LogP contribution in [0.5, 0.6) is 0 Å². The lowest BCUT2D eigenvalue weighted by atomic mass is 9.99. The summed E-state index contributed by atoms with van der Waals surface area (Å²) in [5.74, 6) is -0.195. The first-order valence-corrected chi connectivity index (χ1v) is 10.6. The van der Waals surface area contributed by atoms with Crippen LogP contribution in [0.2, 0.25) is 5.02 Å². The van der Waals surface area contributed by atoms with Crippen LogP contribution in [0, 0.1) is 0 Å². The molecule has 9 heteroatoms. The number of amides is 3. The molecule has 28 heavy (non-hydrogen) atoms. The predicted molar refractivity (Wildman–Crippen MR) is 111 cm³/mol. The number of halogens is 1. The number of nitrogens with one attached hydrogen (secondary N) is 2. The van der Waals surface area contributed by atoms with E-state index in [1.807, 2.05) is 18.7 Å². The van der Waals surface area contributed by atoms with Gasteiger partial charge in [-0.15, -0.1) is 10.2 Å². The number of urea groups is 1. The fourth-order valence-corrected chi connectivity index (χ4v) is 3.97. The molecule has 1 aliphatic heterocycles. The van der Waals surface area contributed by atoms with Gasteiger partial charge in [0.25, 0.3) is 5.91 Å². The molecule has 7 nitrogen and oxygen atoms in total. The Labute approximate surface area is 173 Å². The van der Waals surface area contributed by atoms with Gasteiger partial charge in [0.05, 0.1) is 0 Å². The molecule has 0 unspecified atom stereocenters. The van der Waals surface area contributed by atoms with Gasteiger partial charge in [-0.3, -0.25) is 4.79 Å². The van der Waals surface area contributed by atoms with Crippen LogP contribution in [0.4, 0.5) is 10.5 Å². The molecule has 0 spiro atoms. The van der Waals surface area contributed by atoms with Crippen molar-refractivity contribution < 1.29 is 9.59 Å². The van der Waals surface area contributed by atoms with Gasteiger partial charge in [-0.05, 0) is 50.5 Å². The van der Waals surface area contributed by atoms with Gasteiger partial charge in [-0.1, -0.05) is 29.9 Å². The number of hydrogen-bond donors (Lipinski definition) is 2. The van der Waals surface area contributed by atoms with Gasteiger partial charge in [-0.25, -0.2) is 4.79 Å². The minimum Gasteiger partial charge on any atom is -0.336 e. The molecule has 2 heterocycles. The number of benzene rings is 1. The summed E-state index contributed by atoms with van der Waals surface area (Å²) in [4.78, 5) is 26.6. The molecule has 150 valence electrons. The number of anilines is 1. The number of carbonyl (C=O) groups is 2. The number of hydrogen-bond acceptors (Lipinski definition) is 5. The van der Waals surface area contributed by atoms with Crippen molar-refractivity contribution in [2.45, 2.75) is 45.1 Å². The number of aromatic nitrogens is 2. The van der Waals surface area contributed by atoms with E-state index in [9.17, 15) is 9.59 Å². The zero-order valence-electron chi connectivity index (χ0n) is 15.9. The summed E-state index contributed by atoms with van der Waals surface area (Å²) in [5, 5.41) is 15.8. The number of nitrogens with zero attached hydrogens (tertiary/aromatic N) is 3. The van der Waals surface area contributed by atoms with Crippen molar-refractivity contribution in [3.8, 4) is 0 Å². The molecule has 0 radical (unpaired) electrons. The van der Waals surface area contributed by atoms with Crippen LogP contribution in [-0.2, 0) is 0 Å². The fraction of sp³-hybridized carbons (Fsp3) is 0.474. The smallest absolute Gasteiger partial charge is 0.317 e. The first-order valence-electron chi connectivity index (χ1n) is 9.42. The minimum atomic E-state index is -0.298. The molecule has 1 saturated heterocycles. The first kappa shape index (κ1) is 20.5. The van der Waals surface area contributed by atoms with Gasteiger partial charge in [0.1, 0.15) is 5.01 Å². The lowest BCUT2D eigenvalue weighted by molar-refractivity contribution is 0.102. The summed E-state index contributed by atoms with van der Waals surface area (Å²) < 4.78 is 0. The van der Waals surface area contributed by atoms with Gasteiger partial charge < -0.3 is 15.5 Å². The molecule has 2 atom stereocenters. The summed E-state index contributed by atoms with van der Waals surface area (Å²) in [6, 6.07) is 7.00. The first-order chi connectivity index (χ1) is 13.5. The highest BCUT2D eigenvalue weighted by Crippen LogP contribution is 2.29. The molecule has 2 N–H and O–H groups in total. The van der Waals surface area contributed by atoms with E-state index in [0.717, 1.165) is 30.8 Å². The Hall–Kier alpha value is -2.19. The second kappa shape index (κ2) is 9.34. The zero-order valence-corrected chi connectivity index (χ0v) is 17.5. The highest BCUT2D eigenvalue weighted by molar-refractivity contribution is 7.13. The van der Waals surface area contributed by atoms with Crippen molar-refractivity contribution in [1.82, 2.24) is 20.4 Å². The summed E-state index contributed by atoms with van der Waals surface area (Å²) in [5.41, 5.74) is 0.650. The number of likely N-dealkylation sites (tertiary alicyclic amines) is 1. The lowest BCUT2D eigenvalue weighted by Gasteiger charge is -2.32. The largest absolute Gasteiger partial charge is 0.336 e. The van der Waals surface area contributed by atoms with E-state index in [1.165, 1.54) is 11.3 Å². The van der Waals surface area contributed by atoms with Crippen molar-refractivity contribution in [2.75, 3.05) is 18.4 Å². The van der Waals surface area contributed by atoms with Gasteiger partial charge >= 0.3 is 6.03 Å². The number of piperidine rings is 1. The van der Waals surface area contributed by atoms with Crippen LogP contribution < -0.4 is 10.6 Å². The molecule has 0 aliphatic carbocycles. The normalized spacial score (nSPS) is 17.8. The number of rotatable bonds is 5. The SMILES string of the molecule is CC[C@@H](C)NC(=O)N1CCC[C@H](c2nnc(C(=O)Nc3ccc(Cl)cc3)s2)C1. The summed E-state index contributed by atoms with van der Waals surface area (Å²) in [6.45, 7) is 5.37. The molecular formula is C19H24ClN5O2S. The summed E-state index contributed by atoms with van der Waals surface area (Å²) in [6.07, 6.45) is 2.73. The Morgan fingerprint density at radius 1 is 1.32 bits per heavy atom. The molecule has 2 aromatic rings. The summed E-state index contributed by atoms with van der Waals surface area (Å²) in [7, 11) is 0. The molecule has 0 bridgehead atoms. The topological polar surface area (TPSA) is 87.2 Å². The van der Waals surface area contributed by atoms with E-state index in [-0.39, 0.29) is 23.9 Å². The molecule has 1 aliphatic rings. The van der Waals surface area contributed by atoms with Crippen LogP contribution in [0.15, 0.2) is 24.3 Å². The van der Waals surface area contributed by atoms with Gasteiger partial charge in [0, 0.05) is 35.8 Å². The van der Waals surface area contributed by atoms with Crippen molar-refractivity contribution in [3.05, 3.63) is 39.3 Å². The Bertz CT molecular complexity index is 826. The highest BCUT2D eigenvalue weighted by atomic mass is 35.5. The molecule has 1 fully saturated rings. The Morgan fingerprint density at radius 3 is 2.79 bits per heavy atom. The van der Waals surface area contributed by atoms with Crippen molar-refractivity contribution in [1.29, 1.82) is 0 Å². The van der Waals surface area contributed by atoms with E-state index in [0.29, 0.717) is 22.3 Å². The Morgan fingerprint density at radius 2 is 2.07 bits per heavy atom. The number of carbonyl (C=O) groups excluding carboxylic acids is 2. The van der Waals surface area contributed by atoms with Gasteiger partial charge in [0.15, 0.2) is 0 Å². The third kappa shape index (κ3) is 5.20. The molecule has 1 aromatic carbocycles. The lowest BCUT2D eigenvalue weighted by Crippen LogP contribution is -2.47. The third-order valence-electron chi connectivity index (χ3n) is 4.78. The standard InChI is InChI=1S/C19H24ClN5O2S/c1-3-12(2)21-19(27)25-10-4-5-13(11-25)17-23-24-18(28-17)16(26)22-15-8-6-14(20)7-9-15/h6-9,12-13H,3-5,10-11H2,1-2H3,(H,21,27)(H,22,26)/t12-,13+/m1/s1. The monoisotopic (exact) mass is 421 g/mol.